The summed E-state index contributed by atoms with van der Waals surface area (Å²) in [7, 11) is 0. The zero-order valence-electron chi connectivity index (χ0n) is 8.50. The zero-order valence-corrected chi connectivity index (χ0v) is 10.9. The molecule has 0 saturated heterocycles. The molecule has 0 aliphatic rings. The molecule has 0 bridgehead atoms. The predicted octanol–water partition coefficient (Wildman–Crippen LogP) is 2.71. The Morgan fingerprint density at radius 2 is 2.47 bits per heavy atom. The van der Waals surface area contributed by atoms with E-state index in [1.165, 1.54) is 4.88 Å². The lowest BCUT2D eigenvalue weighted by molar-refractivity contribution is -0.137. The summed E-state index contributed by atoms with van der Waals surface area (Å²) in [6, 6.07) is 2.07. The van der Waals surface area contributed by atoms with Gasteiger partial charge in [0.05, 0.1) is 0 Å². The Morgan fingerprint density at radius 1 is 1.73 bits per heavy atom. The average molecular weight is 292 g/mol. The van der Waals surface area contributed by atoms with E-state index in [-0.39, 0.29) is 12.3 Å². The Kier molecular flexibility index (Phi) is 5.28. The molecule has 1 unspecified atom stereocenters. The maximum absolute atomic E-state index is 10.4. The van der Waals surface area contributed by atoms with Crippen LogP contribution in [0.2, 0.25) is 0 Å². The first-order valence-electron chi connectivity index (χ1n) is 4.73. The van der Waals surface area contributed by atoms with Crippen molar-refractivity contribution in [3.05, 3.63) is 20.8 Å². The topological polar surface area (TPSA) is 49.3 Å². The highest BCUT2D eigenvalue weighted by Gasteiger charge is 2.06. The number of thiophene rings is 1. The van der Waals surface area contributed by atoms with Crippen LogP contribution in [0.4, 0.5) is 0 Å². The van der Waals surface area contributed by atoms with Gasteiger partial charge in [-0.3, -0.25) is 4.79 Å². The zero-order chi connectivity index (χ0) is 11.3. The molecule has 0 saturated carbocycles. The molecule has 0 spiro atoms. The number of nitrogens with one attached hydrogen (secondary N) is 1. The van der Waals surface area contributed by atoms with Crippen LogP contribution in [-0.4, -0.2) is 17.6 Å². The van der Waals surface area contributed by atoms with Crippen LogP contribution in [0.15, 0.2) is 15.9 Å². The minimum atomic E-state index is -0.733. The molecule has 1 aromatic heterocycles. The van der Waals surface area contributed by atoms with E-state index in [9.17, 15) is 4.79 Å². The number of carboxylic acids is 1. The van der Waals surface area contributed by atoms with Gasteiger partial charge in [0.25, 0.3) is 0 Å². The molecule has 0 aliphatic carbocycles. The van der Waals surface area contributed by atoms with Crippen LogP contribution in [-0.2, 0) is 11.3 Å². The quantitative estimate of drug-likeness (QED) is 0.847. The first-order chi connectivity index (χ1) is 7.08. The number of hydrogen-bond donors (Lipinski definition) is 2. The van der Waals surface area contributed by atoms with Gasteiger partial charge in [-0.15, -0.1) is 11.3 Å². The SMILES string of the molecule is CC(CNCc1cc(Br)cs1)CC(=O)O. The average Bonchev–Trinajstić information content (AvgIpc) is 2.50. The minimum Gasteiger partial charge on any atom is -0.481 e. The van der Waals surface area contributed by atoms with Crippen molar-refractivity contribution in [3.63, 3.8) is 0 Å². The molecule has 3 nitrogen and oxygen atoms in total. The van der Waals surface area contributed by atoms with Gasteiger partial charge < -0.3 is 10.4 Å². The first-order valence-corrected chi connectivity index (χ1v) is 6.40. The molecule has 15 heavy (non-hydrogen) atoms. The van der Waals surface area contributed by atoms with Crippen molar-refractivity contribution < 1.29 is 9.90 Å². The van der Waals surface area contributed by atoms with Gasteiger partial charge in [0.2, 0.25) is 0 Å². The normalized spacial score (nSPS) is 12.7. The Bertz CT molecular complexity index is 327. The Morgan fingerprint density at radius 3 is 3.00 bits per heavy atom. The summed E-state index contributed by atoms with van der Waals surface area (Å²) in [5, 5.41) is 13.9. The number of rotatable bonds is 6. The Labute approximate surface area is 102 Å². The van der Waals surface area contributed by atoms with Crippen molar-refractivity contribution in [1.82, 2.24) is 5.32 Å². The Hall–Kier alpha value is -0.390. The van der Waals surface area contributed by atoms with Crippen molar-refractivity contribution >= 4 is 33.2 Å². The van der Waals surface area contributed by atoms with Gasteiger partial charge in [-0.05, 0) is 34.5 Å². The highest BCUT2D eigenvalue weighted by molar-refractivity contribution is 9.10. The highest BCUT2D eigenvalue weighted by atomic mass is 79.9. The number of carbonyl (C=O) groups is 1. The van der Waals surface area contributed by atoms with E-state index in [2.05, 4.69) is 27.3 Å². The van der Waals surface area contributed by atoms with Crippen molar-refractivity contribution in [2.75, 3.05) is 6.54 Å². The van der Waals surface area contributed by atoms with Gasteiger partial charge >= 0.3 is 5.97 Å². The predicted molar refractivity (Wildman–Crippen MR) is 65.1 cm³/mol. The molecule has 1 heterocycles. The second-order valence-electron chi connectivity index (χ2n) is 3.57. The third-order valence-electron chi connectivity index (χ3n) is 1.94. The van der Waals surface area contributed by atoms with Crippen LogP contribution in [0.25, 0.3) is 0 Å². The van der Waals surface area contributed by atoms with E-state index >= 15 is 0 Å². The van der Waals surface area contributed by atoms with Crippen LogP contribution >= 0.6 is 27.3 Å². The molecule has 0 amide bonds. The fraction of sp³-hybridized carbons (Fsp3) is 0.500. The first kappa shape index (κ1) is 12.7. The molecule has 2 N–H and O–H groups in total. The molecule has 1 rings (SSSR count). The largest absolute Gasteiger partial charge is 0.481 e. The molecular formula is C10H14BrNO2S. The third kappa shape index (κ3) is 5.30. The van der Waals surface area contributed by atoms with Gasteiger partial charge in [0.15, 0.2) is 0 Å². The second kappa shape index (κ2) is 6.25. The Balaban J connectivity index is 2.18. The van der Waals surface area contributed by atoms with E-state index in [1.807, 2.05) is 12.3 Å². The van der Waals surface area contributed by atoms with Crippen LogP contribution in [0.1, 0.15) is 18.2 Å². The molecule has 0 radical (unpaired) electrons. The number of carboxylic acid groups (broad SMARTS) is 1. The highest BCUT2D eigenvalue weighted by Crippen LogP contribution is 2.19. The molecule has 1 aromatic rings. The van der Waals surface area contributed by atoms with Gasteiger partial charge in [-0.2, -0.15) is 0 Å². The van der Waals surface area contributed by atoms with Crippen LogP contribution in [0.3, 0.4) is 0 Å². The summed E-state index contributed by atoms with van der Waals surface area (Å²) in [5.74, 6) is -0.561. The maximum Gasteiger partial charge on any atom is 0.303 e. The summed E-state index contributed by atoms with van der Waals surface area (Å²) in [5.41, 5.74) is 0. The van der Waals surface area contributed by atoms with Crippen LogP contribution in [0, 0.1) is 5.92 Å². The minimum absolute atomic E-state index is 0.172. The van der Waals surface area contributed by atoms with Crippen molar-refractivity contribution in [3.8, 4) is 0 Å². The monoisotopic (exact) mass is 291 g/mol. The fourth-order valence-electron chi connectivity index (χ4n) is 1.26. The lowest BCUT2D eigenvalue weighted by Gasteiger charge is -2.08. The molecule has 1 atom stereocenters. The molecule has 84 valence electrons. The summed E-state index contributed by atoms with van der Waals surface area (Å²) < 4.78 is 1.10. The standard InChI is InChI=1S/C10H14BrNO2S/c1-7(2-10(13)14)4-12-5-9-3-8(11)6-15-9/h3,6-7,12H,2,4-5H2,1H3,(H,13,14). The second-order valence-corrected chi connectivity index (χ2v) is 5.48. The van der Waals surface area contributed by atoms with Crippen molar-refractivity contribution in [2.45, 2.75) is 19.9 Å². The van der Waals surface area contributed by atoms with Gasteiger partial charge in [-0.1, -0.05) is 6.92 Å². The molecule has 0 aromatic carbocycles. The molecular weight excluding hydrogens is 278 g/mol. The van der Waals surface area contributed by atoms with E-state index < -0.39 is 5.97 Å². The smallest absolute Gasteiger partial charge is 0.303 e. The summed E-state index contributed by atoms with van der Waals surface area (Å²) in [6.07, 6.45) is 0.223. The van der Waals surface area contributed by atoms with Crippen molar-refractivity contribution in [2.24, 2.45) is 5.92 Å². The molecule has 5 heteroatoms. The van der Waals surface area contributed by atoms with Gasteiger partial charge in [-0.25, -0.2) is 0 Å². The van der Waals surface area contributed by atoms with Crippen molar-refractivity contribution in [1.29, 1.82) is 0 Å². The van der Waals surface area contributed by atoms with E-state index in [0.29, 0.717) is 0 Å². The van der Waals surface area contributed by atoms with Crippen LogP contribution < -0.4 is 5.32 Å². The van der Waals surface area contributed by atoms with Gasteiger partial charge in [0, 0.05) is 27.7 Å². The number of hydrogen-bond acceptors (Lipinski definition) is 3. The molecule has 0 fully saturated rings. The number of halogens is 1. The van der Waals surface area contributed by atoms with E-state index in [1.54, 1.807) is 11.3 Å². The van der Waals surface area contributed by atoms with E-state index in [4.69, 9.17) is 5.11 Å². The number of aliphatic carboxylic acids is 1. The van der Waals surface area contributed by atoms with Crippen LogP contribution in [0.5, 0.6) is 0 Å². The molecule has 0 aliphatic heterocycles. The van der Waals surface area contributed by atoms with Gasteiger partial charge in [0.1, 0.15) is 0 Å². The summed E-state index contributed by atoms with van der Waals surface area (Å²) in [4.78, 5) is 11.7. The summed E-state index contributed by atoms with van der Waals surface area (Å²) in [6.45, 7) is 3.48. The summed E-state index contributed by atoms with van der Waals surface area (Å²) >= 11 is 5.08. The fourth-order valence-corrected chi connectivity index (χ4v) is 2.68. The maximum atomic E-state index is 10.4. The third-order valence-corrected chi connectivity index (χ3v) is 3.63. The lowest BCUT2D eigenvalue weighted by Crippen LogP contribution is -2.22. The van der Waals surface area contributed by atoms with E-state index in [0.717, 1.165) is 17.6 Å². The lowest BCUT2D eigenvalue weighted by atomic mass is 10.1.